The summed E-state index contributed by atoms with van der Waals surface area (Å²) in [7, 11) is 1.74. The molecule has 78 valence electrons. The molecule has 0 saturated carbocycles. The van der Waals surface area contributed by atoms with Crippen LogP contribution >= 0.6 is 0 Å². The minimum atomic E-state index is -0.595. The molecule has 2 rings (SSSR count). The van der Waals surface area contributed by atoms with Crippen LogP contribution in [0, 0.1) is 22.7 Å². The first kappa shape index (κ1) is 9.97. The van der Waals surface area contributed by atoms with E-state index in [4.69, 9.17) is 0 Å². The highest BCUT2D eigenvalue weighted by Crippen LogP contribution is 2.44. The van der Waals surface area contributed by atoms with Gasteiger partial charge in [0.1, 0.15) is 0 Å². The smallest absolute Gasteiger partial charge is 0.231 e. The second-order valence-electron chi connectivity index (χ2n) is 4.43. The van der Waals surface area contributed by atoms with Gasteiger partial charge in [-0.25, -0.2) is 0 Å². The summed E-state index contributed by atoms with van der Waals surface area (Å²) in [6.45, 7) is 2.02. The van der Waals surface area contributed by atoms with E-state index in [9.17, 15) is 10.1 Å². The van der Waals surface area contributed by atoms with Crippen molar-refractivity contribution in [1.82, 2.24) is 4.90 Å². The predicted octanol–water partition coefficient (Wildman–Crippen LogP) is 1.84. The van der Waals surface area contributed by atoms with Crippen LogP contribution in [0.1, 0.15) is 19.8 Å². The molecule has 0 saturated heterocycles. The van der Waals surface area contributed by atoms with Gasteiger partial charge in [-0.2, -0.15) is 5.26 Å². The number of rotatable bonds is 0. The van der Waals surface area contributed by atoms with Gasteiger partial charge in [-0.1, -0.05) is 11.6 Å². The van der Waals surface area contributed by atoms with Gasteiger partial charge >= 0.3 is 0 Å². The van der Waals surface area contributed by atoms with Gasteiger partial charge in [-0.05, 0) is 25.8 Å². The van der Waals surface area contributed by atoms with E-state index in [1.54, 1.807) is 18.1 Å². The molecule has 1 aliphatic carbocycles. The summed E-state index contributed by atoms with van der Waals surface area (Å²) in [4.78, 5) is 13.5. The zero-order valence-electron chi connectivity index (χ0n) is 9.03. The monoisotopic (exact) mass is 202 g/mol. The molecule has 15 heavy (non-hydrogen) atoms. The zero-order valence-corrected chi connectivity index (χ0v) is 9.03. The number of amides is 1. The van der Waals surface area contributed by atoms with E-state index in [1.165, 1.54) is 5.57 Å². The first-order valence-corrected chi connectivity index (χ1v) is 5.12. The highest BCUT2D eigenvalue weighted by atomic mass is 16.2. The fraction of sp³-hybridized carbons (Fsp3) is 0.500. The quantitative estimate of drug-likeness (QED) is 0.562. The van der Waals surface area contributed by atoms with Crippen molar-refractivity contribution in [2.75, 3.05) is 7.05 Å². The lowest BCUT2D eigenvalue weighted by Crippen LogP contribution is -2.44. The van der Waals surface area contributed by atoms with Crippen molar-refractivity contribution in [2.24, 2.45) is 11.3 Å². The number of hydrogen-bond acceptors (Lipinski definition) is 2. The standard InChI is InChI=1S/C12H14N2O/c1-9-3-4-10-11(15)14(2)6-5-12(10,7-9)8-13/h3,5-6,10H,4,7H2,1-2H3/t10-,12-/m0/s1. The van der Waals surface area contributed by atoms with Crippen LogP contribution in [0.5, 0.6) is 0 Å². The molecule has 0 N–H and O–H groups in total. The SMILES string of the molecule is CC1=CC[C@H]2C(=O)N(C)C=C[C@@]2(C#N)C1. The second kappa shape index (κ2) is 3.23. The summed E-state index contributed by atoms with van der Waals surface area (Å²) >= 11 is 0. The third kappa shape index (κ3) is 1.37. The Morgan fingerprint density at radius 1 is 1.67 bits per heavy atom. The van der Waals surface area contributed by atoms with Gasteiger partial charge in [0.05, 0.1) is 17.4 Å². The number of carbonyl (C=O) groups excluding carboxylic acids is 1. The molecule has 0 bridgehead atoms. The van der Waals surface area contributed by atoms with Gasteiger partial charge in [0.2, 0.25) is 5.91 Å². The first-order valence-electron chi connectivity index (χ1n) is 5.12. The lowest BCUT2D eigenvalue weighted by molar-refractivity contribution is -0.135. The van der Waals surface area contributed by atoms with E-state index in [2.05, 4.69) is 12.1 Å². The molecule has 0 spiro atoms. The van der Waals surface area contributed by atoms with Crippen molar-refractivity contribution in [3.63, 3.8) is 0 Å². The summed E-state index contributed by atoms with van der Waals surface area (Å²) in [6, 6.07) is 2.33. The third-order valence-electron chi connectivity index (χ3n) is 3.34. The van der Waals surface area contributed by atoms with Crippen molar-refractivity contribution >= 4 is 5.91 Å². The molecule has 0 aromatic carbocycles. The van der Waals surface area contributed by atoms with Gasteiger partial charge in [-0.15, -0.1) is 0 Å². The Labute approximate surface area is 89.7 Å². The van der Waals surface area contributed by atoms with E-state index >= 15 is 0 Å². The molecule has 1 heterocycles. The highest BCUT2D eigenvalue weighted by Gasteiger charge is 2.46. The lowest BCUT2D eigenvalue weighted by Gasteiger charge is -2.39. The summed E-state index contributed by atoms with van der Waals surface area (Å²) in [5.41, 5.74) is 0.609. The van der Waals surface area contributed by atoms with Crippen molar-refractivity contribution in [3.05, 3.63) is 23.9 Å². The van der Waals surface area contributed by atoms with Crippen LogP contribution in [0.4, 0.5) is 0 Å². The summed E-state index contributed by atoms with van der Waals surface area (Å²) in [6.07, 6.45) is 7.05. The molecule has 2 aliphatic rings. The molecule has 0 aromatic heterocycles. The van der Waals surface area contributed by atoms with Crippen LogP contribution in [0.3, 0.4) is 0 Å². The van der Waals surface area contributed by atoms with Crippen molar-refractivity contribution < 1.29 is 4.79 Å². The maximum Gasteiger partial charge on any atom is 0.231 e. The average Bonchev–Trinajstić information content (AvgIpc) is 2.24. The van der Waals surface area contributed by atoms with E-state index < -0.39 is 5.41 Å². The molecular weight excluding hydrogens is 188 g/mol. The topological polar surface area (TPSA) is 44.1 Å². The summed E-state index contributed by atoms with van der Waals surface area (Å²) < 4.78 is 0. The van der Waals surface area contributed by atoms with Crippen LogP contribution in [0.2, 0.25) is 0 Å². The van der Waals surface area contributed by atoms with Crippen LogP contribution in [-0.4, -0.2) is 17.9 Å². The van der Waals surface area contributed by atoms with Gasteiger partial charge in [0, 0.05) is 13.2 Å². The van der Waals surface area contributed by atoms with Gasteiger partial charge < -0.3 is 4.90 Å². The lowest BCUT2D eigenvalue weighted by atomic mass is 9.66. The van der Waals surface area contributed by atoms with Crippen LogP contribution < -0.4 is 0 Å². The Morgan fingerprint density at radius 2 is 2.40 bits per heavy atom. The molecule has 3 nitrogen and oxygen atoms in total. The van der Waals surface area contributed by atoms with Crippen LogP contribution in [0.25, 0.3) is 0 Å². The second-order valence-corrected chi connectivity index (χ2v) is 4.43. The van der Waals surface area contributed by atoms with E-state index in [0.29, 0.717) is 12.8 Å². The van der Waals surface area contributed by atoms with Crippen molar-refractivity contribution in [3.8, 4) is 6.07 Å². The number of nitriles is 1. The number of hydrogen-bond donors (Lipinski definition) is 0. The average molecular weight is 202 g/mol. The minimum absolute atomic E-state index is 0.0581. The fourth-order valence-electron chi connectivity index (χ4n) is 2.40. The zero-order chi connectivity index (χ0) is 11.1. The van der Waals surface area contributed by atoms with E-state index in [0.717, 1.165) is 0 Å². The largest absolute Gasteiger partial charge is 0.322 e. The summed E-state index contributed by atoms with van der Waals surface area (Å²) in [5, 5.41) is 9.30. The van der Waals surface area contributed by atoms with Gasteiger partial charge in [-0.3, -0.25) is 4.79 Å². The highest BCUT2D eigenvalue weighted by molar-refractivity contribution is 5.83. The number of carbonyl (C=O) groups is 1. The normalized spacial score (nSPS) is 34.5. The number of fused-ring (bicyclic) bond motifs is 1. The van der Waals surface area contributed by atoms with Crippen molar-refractivity contribution in [1.29, 1.82) is 5.26 Å². The first-order chi connectivity index (χ1) is 7.09. The molecule has 0 aromatic rings. The third-order valence-corrected chi connectivity index (χ3v) is 3.34. The number of allylic oxidation sites excluding steroid dienone is 3. The Morgan fingerprint density at radius 3 is 3.07 bits per heavy atom. The Hall–Kier alpha value is -1.56. The van der Waals surface area contributed by atoms with E-state index in [1.807, 2.05) is 13.0 Å². The van der Waals surface area contributed by atoms with Crippen LogP contribution in [-0.2, 0) is 4.79 Å². The molecular formula is C12H14N2O. The molecule has 3 heteroatoms. The van der Waals surface area contributed by atoms with E-state index in [-0.39, 0.29) is 11.8 Å². The fourth-order valence-corrected chi connectivity index (χ4v) is 2.40. The van der Waals surface area contributed by atoms with Crippen molar-refractivity contribution in [2.45, 2.75) is 19.8 Å². The van der Waals surface area contributed by atoms with Gasteiger partial charge in [0.15, 0.2) is 0 Å². The Balaban J connectivity index is 2.46. The van der Waals surface area contributed by atoms with Crippen LogP contribution in [0.15, 0.2) is 23.9 Å². The minimum Gasteiger partial charge on any atom is -0.322 e. The number of nitrogens with zero attached hydrogens (tertiary/aromatic N) is 2. The molecule has 1 aliphatic heterocycles. The Kier molecular flexibility index (Phi) is 2.15. The molecule has 0 radical (unpaired) electrons. The maximum atomic E-state index is 11.9. The van der Waals surface area contributed by atoms with Gasteiger partial charge in [0.25, 0.3) is 0 Å². The molecule has 2 atom stereocenters. The molecule has 1 amide bonds. The Bertz CT molecular complexity index is 402. The maximum absolute atomic E-state index is 11.9. The predicted molar refractivity (Wildman–Crippen MR) is 56.4 cm³/mol. The summed E-state index contributed by atoms with van der Waals surface area (Å²) in [5.74, 6) is -0.135. The molecule has 0 unspecified atom stereocenters. The molecule has 0 fully saturated rings.